The fourth-order valence-corrected chi connectivity index (χ4v) is 3.59. The summed E-state index contributed by atoms with van der Waals surface area (Å²) in [6.45, 7) is 0.632. The van der Waals surface area contributed by atoms with E-state index in [1.807, 2.05) is 0 Å². The van der Waals surface area contributed by atoms with E-state index in [1.165, 1.54) is 39.2 Å². The van der Waals surface area contributed by atoms with Crippen molar-refractivity contribution < 1.29 is 19.1 Å². The van der Waals surface area contributed by atoms with E-state index in [-0.39, 0.29) is 17.7 Å². The first-order valence-corrected chi connectivity index (χ1v) is 8.75. The number of methoxy groups -OCH3 is 1. The van der Waals surface area contributed by atoms with Gasteiger partial charge in [-0.05, 0) is 25.2 Å². The number of carbonyl (C=O) groups is 3. The van der Waals surface area contributed by atoms with E-state index in [0.717, 1.165) is 6.42 Å². The van der Waals surface area contributed by atoms with Crippen LogP contribution in [0, 0.1) is 11.8 Å². The van der Waals surface area contributed by atoms with Crippen LogP contribution in [0.5, 0.6) is 0 Å². The van der Waals surface area contributed by atoms with Gasteiger partial charge in [-0.3, -0.25) is 9.59 Å². The minimum Gasteiger partial charge on any atom is -0.467 e. The Hall–Kier alpha value is -1.59. The molecule has 0 unspecified atom stereocenters. The van der Waals surface area contributed by atoms with Gasteiger partial charge >= 0.3 is 5.97 Å². The summed E-state index contributed by atoms with van der Waals surface area (Å²) in [4.78, 5) is 35.7. The van der Waals surface area contributed by atoms with Gasteiger partial charge in [-0.2, -0.15) is 0 Å². The molecule has 0 bridgehead atoms. The summed E-state index contributed by atoms with van der Waals surface area (Å²) in [5.41, 5.74) is 0. The minimum atomic E-state index is -0.729. The van der Waals surface area contributed by atoms with Gasteiger partial charge < -0.3 is 15.4 Å². The molecule has 1 aliphatic heterocycles. The Morgan fingerprint density at radius 3 is 2.61 bits per heavy atom. The predicted molar refractivity (Wildman–Crippen MR) is 85.5 cm³/mol. The second-order valence-electron chi connectivity index (χ2n) is 6.70. The monoisotopic (exact) mass is 324 g/mol. The summed E-state index contributed by atoms with van der Waals surface area (Å²) in [5, 5.41) is 5.51. The largest absolute Gasteiger partial charge is 0.467 e. The molecule has 130 valence electrons. The molecule has 2 fully saturated rings. The SMILES string of the molecule is COC(=O)[C@H](C[C@@H]1CCNC1=O)NC(=O)CCC1CCCCC1. The van der Waals surface area contributed by atoms with Crippen molar-refractivity contribution in [1.82, 2.24) is 10.6 Å². The standard InChI is InChI=1S/C17H28N2O4/c1-23-17(22)14(11-13-9-10-18-16(13)21)19-15(20)8-7-12-5-3-2-4-6-12/h12-14H,2-11H2,1H3,(H,18,21)(H,19,20)/t13-,14-/m0/s1. The van der Waals surface area contributed by atoms with Crippen molar-refractivity contribution in [2.75, 3.05) is 13.7 Å². The number of hydrogen-bond acceptors (Lipinski definition) is 4. The molecular weight excluding hydrogens is 296 g/mol. The summed E-state index contributed by atoms with van der Waals surface area (Å²) in [6.07, 6.45) is 8.56. The van der Waals surface area contributed by atoms with Crippen molar-refractivity contribution in [3.8, 4) is 0 Å². The van der Waals surface area contributed by atoms with Gasteiger partial charge in [-0.25, -0.2) is 4.79 Å². The maximum atomic E-state index is 12.2. The van der Waals surface area contributed by atoms with E-state index in [1.54, 1.807) is 0 Å². The molecule has 2 amide bonds. The molecule has 6 heteroatoms. The van der Waals surface area contributed by atoms with Crippen LogP contribution in [-0.2, 0) is 19.1 Å². The molecule has 0 aromatic carbocycles. The molecule has 0 aromatic rings. The highest BCUT2D eigenvalue weighted by Gasteiger charge is 2.31. The average Bonchev–Trinajstić information content (AvgIpc) is 2.97. The number of rotatable bonds is 7. The lowest BCUT2D eigenvalue weighted by atomic mass is 9.86. The van der Waals surface area contributed by atoms with Crippen LogP contribution >= 0.6 is 0 Å². The second-order valence-corrected chi connectivity index (χ2v) is 6.70. The third-order valence-electron chi connectivity index (χ3n) is 5.01. The molecule has 1 aliphatic carbocycles. The highest BCUT2D eigenvalue weighted by molar-refractivity contribution is 5.86. The summed E-state index contributed by atoms with van der Waals surface area (Å²) in [7, 11) is 1.30. The Labute approximate surface area is 137 Å². The lowest BCUT2D eigenvalue weighted by molar-refractivity contribution is -0.145. The zero-order valence-electron chi connectivity index (χ0n) is 13.9. The van der Waals surface area contributed by atoms with E-state index in [2.05, 4.69) is 10.6 Å². The summed E-state index contributed by atoms with van der Waals surface area (Å²) < 4.78 is 4.77. The Kier molecular flexibility index (Phi) is 6.86. The van der Waals surface area contributed by atoms with Crippen LogP contribution in [0.2, 0.25) is 0 Å². The normalized spacial score (nSPS) is 23.2. The first-order chi connectivity index (χ1) is 11.1. The summed E-state index contributed by atoms with van der Waals surface area (Å²) >= 11 is 0. The van der Waals surface area contributed by atoms with E-state index >= 15 is 0 Å². The van der Waals surface area contributed by atoms with E-state index in [0.29, 0.717) is 31.7 Å². The van der Waals surface area contributed by atoms with Crippen LogP contribution < -0.4 is 10.6 Å². The van der Waals surface area contributed by atoms with E-state index in [4.69, 9.17) is 4.74 Å². The molecule has 1 heterocycles. The van der Waals surface area contributed by atoms with Gasteiger partial charge in [0.05, 0.1) is 7.11 Å². The predicted octanol–water partition coefficient (Wildman–Crippen LogP) is 1.53. The van der Waals surface area contributed by atoms with Crippen molar-refractivity contribution in [3.63, 3.8) is 0 Å². The molecule has 0 radical (unpaired) electrons. The second kappa shape index (κ2) is 8.89. The number of ether oxygens (including phenoxy) is 1. The van der Waals surface area contributed by atoms with Gasteiger partial charge in [0.1, 0.15) is 6.04 Å². The van der Waals surface area contributed by atoms with Crippen LogP contribution in [-0.4, -0.2) is 37.5 Å². The first-order valence-electron chi connectivity index (χ1n) is 8.75. The minimum absolute atomic E-state index is 0.0460. The molecular formula is C17H28N2O4. The highest BCUT2D eigenvalue weighted by Crippen LogP contribution is 2.27. The topological polar surface area (TPSA) is 84.5 Å². The van der Waals surface area contributed by atoms with Crippen molar-refractivity contribution in [2.24, 2.45) is 11.8 Å². The van der Waals surface area contributed by atoms with Crippen molar-refractivity contribution in [3.05, 3.63) is 0 Å². The van der Waals surface area contributed by atoms with Crippen LogP contribution in [0.3, 0.4) is 0 Å². The molecule has 2 aliphatic rings. The molecule has 0 aromatic heterocycles. The Balaban J connectivity index is 1.80. The van der Waals surface area contributed by atoms with Gasteiger partial charge in [0, 0.05) is 18.9 Å². The summed E-state index contributed by atoms with van der Waals surface area (Å²) in [6, 6.07) is -0.729. The highest BCUT2D eigenvalue weighted by atomic mass is 16.5. The average molecular weight is 324 g/mol. The Bertz CT molecular complexity index is 432. The molecule has 2 rings (SSSR count). The quantitative estimate of drug-likeness (QED) is 0.696. The lowest BCUT2D eigenvalue weighted by Gasteiger charge is -2.22. The number of amides is 2. The third kappa shape index (κ3) is 5.52. The summed E-state index contributed by atoms with van der Waals surface area (Å²) in [5.74, 6) is -0.236. The number of nitrogens with one attached hydrogen (secondary N) is 2. The van der Waals surface area contributed by atoms with E-state index < -0.39 is 12.0 Å². The first kappa shape index (κ1) is 17.8. The third-order valence-corrected chi connectivity index (χ3v) is 5.01. The van der Waals surface area contributed by atoms with Crippen molar-refractivity contribution in [1.29, 1.82) is 0 Å². The van der Waals surface area contributed by atoms with Gasteiger partial charge in [-0.1, -0.05) is 32.1 Å². The zero-order valence-corrected chi connectivity index (χ0v) is 13.9. The fourth-order valence-electron chi connectivity index (χ4n) is 3.59. The van der Waals surface area contributed by atoms with Gasteiger partial charge in [-0.15, -0.1) is 0 Å². The molecule has 6 nitrogen and oxygen atoms in total. The van der Waals surface area contributed by atoms with Crippen LogP contribution in [0.4, 0.5) is 0 Å². The molecule has 2 atom stereocenters. The molecule has 1 saturated heterocycles. The van der Waals surface area contributed by atoms with Gasteiger partial charge in [0.25, 0.3) is 0 Å². The number of carbonyl (C=O) groups excluding carboxylic acids is 3. The van der Waals surface area contributed by atoms with Gasteiger partial charge in [0.2, 0.25) is 11.8 Å². The van der Waals surface area contributed by atoms with E-state index in [9.17, 15) is 14.4 Å². The lowest BCUT2D eigenvalue weighted by Crippen LogP contribution is -2.43. The zero-order chi connectivity index (χ0) is 16.7. The van der Waals surface area contributed by atoms with Crippen LogP contribution in [0.15, 0.2) is 0 Å². The fraction of sp³-hybridized carbons (Fsp3) is 0.824. The maximum absolute atomic E-state index is 12.2. The Morgan fingerprint density at radius 1 is 1.26 bits per heavy atom. The Morgan fingerprint density at radius 2 is 2.00 bits per heavy atom. The van der Waals surface area contributed by atoms with Crippen molar-refractivity contribution in [2.45, 2.75) is 63.8 Å². The van der Waals surface area contributed by atoms with Crippen molar-refractivity contribution >= 4 is 17.8 Å². The van der Waals surface area contributed by atoms with Gasteiger partial charge in [0.15, 0.2) is 0 Å². The van der Waals surface area contributed by atoms with Crippen LogP contribution in [0.1, 0.15) is 57.8 Å². The molecule has 2 N–H and O–H groups in total. The molecule has 0 spiro atoms. The molecule has 23 heavy (non-hydrogen) atoms. The number of hydrogen-bond donors (Lipinski definition) is 2. The smallest absolute Gasteiger partial charge is 0.328 e. The molecule has 1 saturated carbocycles. The number of esters is 1. The van der Waals surface area contributed by atoms with Crippen LogP contribution in [0.25, 0.3) is 0 Å². The maximum Gasteiger partial charge on any atom is 0.328 e.